The molecule has 2 rings (SSSR count). The molecule has 6 heteroatoms. The first-order valence-electron chi connectivity index (χ1n) is 6.64. The molecule has 1 fully saturated rings. The van der Waals surface area contributed by atoms with Crippen molar-refractivity contribution in [2.24, 2.45) is 0 Å². The average Bonchev–Trinajstić information content (AvgIpc) is 3.03. The highest BCUT2D eigenvalue weighted by atomic mass is 79.9. The molecule has 0 heterocycles. The zero-order chi connectivity index (χ0) is 15.8. The number of carboxylic acid groups (broad SMARTS) is 1. The second kappa shape index (κ2) is 5.33. The van der Waals surface area contributed by atoms with Gasteiger partial charge in [-0.15, -0.1) is 0 Å². The first kappa shape index (κ1) is 15.8. The predicted octanol–water partition coefficient (Wildman–Crippen LogP) is 3.28. The van der Waals surface area contributed by atoms with Crippen LogP contribution in [0.1, 0.15) is 38.7 Å². The van der Waals surface area contributed by atoms with E-state index in [1.165, 1.54) is 0 Å². The van der Waals surface area contributed by atoms with Gasteiger partial charge in [-0.25, -0.2) is 9.59 Å². The third-order valence-electron chi connectivity index (χ3n) is 3.34. The maximum atomic E-state index is 11.8. The molecule has 0 unspecified atom stereocenters. The number of nitrogens with one attached hydrogen (secondary N) is 1. The molecular weight excluding hydrogens is 338 g/mol. The number of carboxylic acids is 1. The molecular formula is C15H18BrNO4. The first-order valence-corrected chi connectivity index (χ1v) is 7.43. The number of aliphatic carboxylic acids is 1. The van der Waals surface area contributed by atoms with E-state index < -0.39 is 23.2 Å². The summed E-state index contributed by atoms with van der Waals surface area (Å²) in [6.45, 7) is 5.21. The van der Waals surface area contributed by atoms with E-state index in [-0.39, 0.29) is 5.92 Å². The van der Waals surface area contributed by atoms with Crippen LogP contribution < -0.4 is 5.32 Å². The number of hydrogen-bond donors (Lipinski definition) is 2. The fraction of sp³-hybridized carbons (Fsp3) is 0.467. The van der Waals surface area contributed by atoms with Crippen molar-refractivity contribution in [1.29, 1.82) is 0 Å². The highest BCUT2D eigenvalue weighted by Crippen LogP contribution is 2.51. The summed E-state index contributed by atoms with van der Waals surface area (Å²) in [5.41, 5.74) is -1.04. The van der Waals surface area contributed by atoms with Gasteiger partial charge in [-0.2, -0.15) is 0 Å². The molecule has 5 nitrogen and oxygen atoms in total. The molecule has 0 saturated heterocycles. The summed E-state index contributed by atoms with van der Waals surface area (Å²) in [7, 11) is 0. The molecule has 1 aliphatic carbocycles. The summed E-state index contributed by atoms with van der Waals surface area (Å²) in [6.07, 6.45) is -0.340. The Hall–Kier alpha value is -1.56. The van der Waals surface area contributed by atoms with Crippen LogP contribution >= 0.6 is 15.9 Å². The second-order valence-electron chi connectivity index (χ2n) is 6.21. The van der Waals surface area contributed by atoms with E-state index >= 15 is 0 Å². The monoisotopic (exact) mass is 355 g/mol. The Kier molecular flexibility index (Phi) is 4.02. The second-order valence-corrected chi connectivity index (χ2v) is 7.13. The van der Waals surface area contributed by atoms with Crippen molar-refractivity contribution in [2.45, 2.75) is 44.2 Å². The van der Waals surface area contributed by atoms with Crippen LogP contribution in [0.3, 0.4) is 0 Å². The van der Waals surface area contributed by atoms with E-state index in [2.05, 4.69) is 21.2 Å². The van der Waals surface area contributed by atoms with Crippen molar-refractivity contribution in [2.75, 3.05) is 0 Å². The van der Waals surface area contributed by atoms with Crippen molar-refractivity contribution in [1.82, 2.24) is 5.32 Å². The molecule has 21 heavy (non-hydrogen) atoms. The third kappa shape index (κ3) is 3.56. The van der Waals surface area contributed by atoms with E-state index in [1.54, 1.807) is 20.8 Å². The summed E-state index contributed by atoms with van der Waals surface area (Å²) >= 11 is 3.34. The quantitative estimate of drug-likeness (QED) is 0.872. The SMILES string of the molecule is CC(C)(C)OC(=O)N[C@]1(C(=O)O)C[C@@H]1c1ccc(Br)cc1. The number of halogens is 1. The van der Waals surface area contributed by atoms with Crippen molar-refractivity contribution in [3.8, 4) is 0 Å². The van der Waals surface area contributed by atoms with Gasteiger partial charge in [0.15, 0.2) is 0 Å². The molecule has 1 amide bonds. The standard InChI is InChI=1S/C15H18BrNO4/c1-14(2,3)21-13(20)17-15(12(18)19)8-11(15)9-4-6-10(16)7-5-9/h4-7,11H,8H2,1-3H3,(H,17,20)(H,18,19)/t11-,15-/m1/s1. The van der Waals surface area contributed by atoms with Gasteiger partial charge in [0.05, 0.1) is 0 Å². The van der Waals surface area contributed by atoms with E-state index in [0.29, 0.717) is 6.42 Å². The normalized spacial score (nSPS) is 24.3. The summed E-state index contributed by atoms with van der Waals surface area (Å²) in [5, 5.41) is 12.0. The minimum Gasteiger partial charge on any atom is -0.479 e. The Morgan fingerprint density at radius 1 is 1.33 bits per heavy atom. The molecule has 1 aromatic carbocycles. The summed E-state index contributed by atoms with van der Waals surface area (Å²) in [6, 6.07) is 7.42. The topological polar surface area (TPSA) is 75.6 Å². The average molecular weight is 356 g/mol. The number of hydrogen-bond acceptors (Lipinski definition) is 3. The minimum atomic E-state index is -1.27. The molecule has 0 aliphatic heterocycles. The van der Waals surface area contributed by atoms with Crippen molar-refractivity contribution >= 4 is 28.0 Å². The van der Waals surface area contributed by atoms with Crippen molar-refractivity contribution in [3.63, 3.8) is 0 Å². The van der Waals surface area contributed by atoms with Gasteiger partial charge >= 0.3 is 12.1 Å². The predicted molar refractivity (Wildman–Crippen MR) is 81.2 cm³/mol. The lowest BCUT2D eigenvalue weighted by Crippen LogP contribution is -2.46. The maximum absolute atomic E-state index is 11.8. The highest BCUT2D eigenvalue weighted by Gasteiger charge is 2.62. The van der Waals surface area contributed by atoms with Crippen LogP contribution in [0, 0.1) is 0 Å². The smallest absolute Gasteiger partial charge is 0.408 e. The summed E-state index contributed by atoms with van der Waals surface area (Å²) in [4.78, 5) is 23.4. The van der Waals surface area contributed by atoms with Gasteiger partial charge in [0, 0.05) is 10.4 Å². The number of benzene rings is 1. The number of carbonyl (C=O) groups is 2. The molecule has 0 spiro atoms. The lowest BCUT2D eigenvalue weighted by Gasteiger charge is -2.22. The van der Waals surface area contributed by atoms with Gasteiger partial charge in [-0.3, -0.25) is 0 Å². The Balaban J connectivity index is 2.12. The van der Waals surface area contributed by atoms with Gasteiger partial charge in [0.25, 0.3) is 0 Å². The molecule has 1 saturated carbocycles. The highest BCUT2D eigenvalue weighted by molar-refractivity contribution is 9.10. The van der Waals surface area contributed by atoms with Crippen LogP contribution in [0.25, 0.3) is 0 Å². The van der Waals surface area contributed by atoms with Crippen LogP contribution in [0.2, 0.25) is 0 Å². The zero-order valence-electron chi connectivity index (χ0n) is 12.1. The Labute approximate surface area is 131 Å². The van der Waals surface area contributed by atoms with Crippen LogP contribution in [-0.2, 0) is 9.53 Å². The summed E-state index contributed by atoms with van der Waals surface area (Å²) in [5.74, 6) is -1.28. The van der Waals surface area contributed by atoms with Gasteiger partial charge in [0.1, 0.15) is 11.1 Å². The number of rotatable bonds is 3. The zero-order valence-corrected chi connectivity index (χ0v) is 13.7. The van der Waals surface area contributed by atoms with Crippen molar-refractivity contribution in [3.05, 3.63) is 34.3 Å². The Morgan fingerprint density at radius 3 is 2.38 bits per heavy atom. The van der Waals surface area contributed by atoms with Gasteiger partial charge in [-0.05, 0) is 44.9 Å². The Morgan fingerprint density at radius 2 is 1.90 bits per heavy atom. The molecule has 1 aliphatic rings. The van der Waals surface area contributed by atoms with Gasteiger partial charge in [0.2, 0.25) is 0 Å². The Bertz CT molecular complexity index is 564. The lowest BCUT2D eigenvalue weighted by molar-refractivity contribution is -0.140. The minimum absolute atomic E-state index is 0.240. The van der Waals surface area contributed by atoms with E-state index in [4.69, 9.17) is 4.74 Å². The van der Waals surface area contributed by atoms with Crippen molar-refractivity contribution < 1.29 is 19.4 Å². The number of carbonyl (C=O) groups excluding carboxylic acids is 1. The largest absolute Gasteiger partial charge is 0.479 e. The fourth-order valence-corrected chi connectivity index (χ4v) is 2.54. The number of alkyl carbamates (subject to hydrolysis) is 1. The van der Waals surface area contributed by atoms with Gasteiger partial charge < -0.3 is 15.2 Å². The van der Waals surface area contributed by atoms with Crippen LogP contribution in [0.15, 0.2) is 28.7 Å². The molecule has 2 N–H and O–H groups in total. The molecule has 0 radical (unpaired) electrons. The van der Waals surface area contributed by atoms with E-state index in [0.717, 1.165) is 10.0 Å². The number of ether oxygens (including phenoxy) is 1. The molecule has 0 bridgehead atoms. The first-order chi connectivity index (χ1) is 9.64. The summed E-state index contributed by atoms with van der Waals surface area (Å²) < 4.78 is 6.07. The van der Waals surface area contributed by atoms with Crippen LogP contribution in [0.4, 0.5) is 4.79 Å². The number of amides is 1. The molecule has 2 atom stereocenters. The molecule has 0 aromatic heterocycles. The van der Waals surface area contributed by atoms with E-state index in [9.17, 15) is 14.7 Å². The van der Waals surface area contributed by atoms with Crippen LogP contribution in [0.5, 0.6) is 0 Å². The molecule has 1 aromatic rings. The molecule has 114 valence electrons. The third-order valence-corrected chi connectivity index (χ3v) is 3.87. The van der Waals surface area contributed by atoms with Gasteiger partial charge in [-0.1, -0.05) is 28.1 Å². The van der Waals surface area contributed by atoms with E-state index in [1.807, 2.05) is 24.3 Å². The fourth-order valence-electron chi connectivity index (χ4n) is 2.27. The lowest BCUT2D eigenvalue weighted by atomic mass is 10.1. The van der Waals surface area contributed by atoms with Crippen LogP contribution in [-0.4, -0.2) is 28.3 Å². The maximum Gasteiger partial charge on any atom is 0.408 e.